The van der Waals surface area contributed by atoms with Crippen molar-refractivity contribution in [3.05, 3.63) is 18.5 Å². The number of anilines is 1. The number of carbonyl (C=O) groups excluding carboxylic acids is 1. The fourth-order valence-corrected chi connectivity index (χ4v) is 2.29. The number of aliphatic carboxylic acids is 1. The van der Waals surface area contributed by atoms with Crippen LogP contribution in [0.1, 0.15) is 19.8 Å². The lowest BCUT2D eigenvalue weighted by Crippen LogP contribution is -2.49. The molecule has 1 aliphatic heterocycles. The van der Waals surface area contributed by atoms with Crippen LogP contribution in [-0.4, -0.2) is 57.5 Å². The number of rotatable bonds is 4. The average molecular weight is 278 g/mol. The van der Waals surface area contributed by atoms with E-state index >= 15 is 0 Å². The molecule has 2 atom stereocenters. The summed E-state index contributed by atoms with van der Waals surface area (Å²) in [5.41, 5.74) is 0. The first-order valence-corrected chi connectivity index (χ1v) is 6.55. The summed E-state index contributed by atoms with van der Waals surface area (Å²) in [7, 11) is 1.52. The predicted octanol–water partition coefficient (Wildman–Crippen LogP) is 0.377. The largest absolute Gasteiger partial charge is 0.480 e. The molecule has 0 aliphatic carbocycles. The van der Waals surface area contributed by atoms with Gasteiger partial charge in [0.15, 0.2) is 0 Å². The van der Waals surface area contributed by atoms with Gasteiger partial charge in [0.2, 0.25) is 11.9 Å². The Balaban J connectivity index is 2.15. The van der Waals surface area contributed by atoms with E-state index in [9.17, 15) is 9.59 Å². The van der Waals surface area contributed by atoms with Crippen molar-refractivity contribution in [2.75, 3.05) is 18.5 Å². The van der Waals surface area contributed by atoms with Gasteiger partial charge in [-0.3, -0.25) is 4.79 Å². The minimum absolute atomic E-state index is 0.204. The van der Waals surface area contributed by atoms with Gasteiger partial charge in [0, 0.05) is 26.0 Å². The molecule has 0 spiro atoms. The summed E-state index contributed by atoms with van der Waals surface area (Å²) in [6.07, 6.45) is 4.81. The molecule has 20 heavy (non-hydrogen) atoms. The van der Waals surface area contributed by atoms with Crippen molar-refractivity contribution in [1.82, 2.24) is 14.9 Å². The topological polar surface area (TPSA) is 86.6 Å². The Bertz CT molecular complexity index is 494. The molecule has 0 aromatic carbocycles. The van der Waals surface area contributed by atoms with Crippen LogP contribution >= 0.6 is 0 Å². The van der Waals surface area contributed by atoms with Crippen LogP contribution in [0.4, 0.5) is 5.95 Å². The zero-order valence-electron chi connectivity index (χ0n) is 11.6. The Morgan fingerprint density at radius 1 is 1.45 bits per heavy atom. The zero-order valence-corrected chi connectivity index (χ0v) is 11.6. The SMILES string of the molecule is CC(C(=O)O)N(C)C(=O)C1CCCN1c1ncccn1. The van der Waals surface area contributed by atoms with Gasteiger partial charge >= 0.3 is 5.97 Å². The van der Waals surface area contributed by atoms with E-state index in [0.29, 0.717) is 18.9 Å². The first kappa shape index (κ1) is 14.2. The normalized spacial score (nSPS) is 19.7. The molecule has 0 radical (unpaired) electrons. The second-order valence-corrected chi connectivity index (χ2v) is 4.86. The molecule has 1 aromatic heterocycles. The average Bonchev–Trinajstić information content (AvgIpc) is 2.95. The van der Waals surface area contributed by atoms with Crippen LogP contribution in [0.25, 0.3) is 0 Å². The molecule has 108 valence electrons. The van der Waals surface area contributed by atoms with E-state index in [0.717, 1.165) is 6.42 Å². The van der Waals surface area contributed by atoms with Crippen LogP contribution in [0.5, 0.6) is 0 Å². The summed E-state index contributed by atoms with van der Waals surface area (Å²) < 4.78 is 0. The molecule has 1 aliphatic rings. The number of likely N-dealkylation sites (N-methyl/N-ethyl adjacent to an activating group) is 1. The van der Waals surface area contributed by atoms with E-state index in [2.05, 4.69) is 9.97 Å². The van der Waals surface area contributed by atoms with E-state index in [1.807, 2.05) is 4.90 Å². The molecular formula is C13H18N4O3. The molecule has 2 rings (SSSR count). The summed E-state index contributed by atoms with van der Waals surface area (Å²) in [5, 5.41) is 8.99. The van der Waals surface area contributed by atoms with Crippen molar-refractivity contribution in [3.8, 4) is 0 Å². The lowest BCUT2D eigenvalue weighted by Gasteiger charge is -2.29. The molecule has 0 saturated carbocycles. The second kappa shape index (κ2) is 5.85. The van der Waals surface area contributed by atoms with Crippen LogP contribution in [-0.2, 0) is 9.59 Å². The number of aromatic nitrogens is 2. The molecule has 1 fully saturated rings. The highest BCUT2D eigenvalue weighted by Gasteiger charge is 2.36. The van der Waals surface area contributed by atoms with Gasteiger partial charge in [-0.05, 0) is 25.8 Å². The van der Waals surface area contributed by atoms with Gasteiger partial charge in [0.25, 0.3) is 0 Å². The Labute approximate surface area is 117 Å². The Kier molecular flexibility index (Phi) is 4.16. The second-order valence-electron chi connectivity index (χ2n) is 4.86. The molecule has 1 N–H and O–H groups in total. The number of carboxylic acids is 1. The first-order valence-electron chi connectivity index (χ1n) is 6.55. The van der Waals surface area contributed by atoms with Gasteiger partial charge in [0.1, 0.15) is 12.1 Å². The summed E-state index contributed by atoms with van der Waals surface area (Å²) in [6, 6.07) is 0.487. The summed E-state index contributed by atoms with van der Waals surface area (Å²) in [6.45, 7) is 2.20. The van der Waals surface area contributed by atoms with Gasteiger partial charge in [0.05, 0.1) is 0 Å². The number of hydrogen-bond acceptors (Lipinski definition) is 5. The third-order valence-corrected chi connectivity index (χ3v) is 3.63. The fraction of sp³-hybridized carbons (Fsp3) is 0.538. The van der Waals surface area contributed by atoms with Crippen LogP contribution < -0.4 is 4.90 Å². The monoisotopic (exact) mass is 278 g/mol. The maximum absolute atomic E-state index is 12.4. The number of hydrogen-bond donors (Lipinski definition) is 1. The molecular weight excluding hydrogens is 260 g/mol. The molecule has 1 aromatic rings. The first-order chi connectivity index (χ1) is 9.52. The molecule has 7 heteroatoms. The van der Waals surface area contributed by atoms with Crippen LogP contribution in [0, 0.1) is 0 Å². The van der Waals surface area contributed by atoms with Gasteiger partial charge in [-0.2, -0.15) is 0 Å². The number of nitrogens with zero attached hydrogens (tertiary/aromatic N) is 4. The Morgan fingerprint density at radius 2 is 2.10 bits per heavy atom. The van der Waals surface area contributed by atoms with E-state index < -0.39 is 12.0 Å². The van der Waals surface area contributed by atoms with Crippen molar-refractivity contribution in [3.63, 3.8) is 0 Å². The van der Waals surface area contributed by atoms with Gasteiger partial charge in [-0.1, -0.05) is 0 Å². The number of carboxylic acid groups (broad SMARTS) is 1. The molecule has 1 saturated heterocycles. The van der Waals surface area contributed by atoms with Crippen molar-refractivity contribution in [2.45, 2.75) is 31.8 Å². The van der Waals surface area contributed by atoms with Crippen molar-refractivity contribution in [2.24, 2.45) is 0 Å². The van der Waals surface area contributed by atoms with E-state index in [1.165, 1.54) is 18.9 Å². The number of amides is 1. The summed E-state index contributed by atoms with van der Waals surface area (Å²) >= 11 is 0. The third kappa shape index (κ3) is 2.71. The van der Waals surface area contributed by atoms with Gasteiger partial charge in [-0.25, -0.2) is 14.8 Å². The number of carbonyl (C=O) groups is 2. The van der Waals surface area contributed by atoms with Crippen LogP contribution in [0.15, 0.2) is 18.5 Å². The van der Waals surface area contributed by atoms with Crippen molar-refractivity contribution in [1.29, 1.82) is 0 Å². The smallest absolute Gasteiger partial charge is 0.326 e. The Hall–Kier alpha value is -2.18. The Morgan fingerprint density at radius 3 is 2.70 bits per heavy atom. The lowest BCUT2D eigenvalue weighted by atomic mass is 10.1. The van der Waals surface area contributed by atoms with E-state index in [-0.39, 0.29) is 11.9 Å². The summed E-state index contributed by atoms with van der Waals surface area (Å²) in [4.78, 5) is 34.9. The predicted molar refractivity (Wildman–Crippen MR) is 72.3 cm³/mol. The molecule has 0 bridgehead atoms. The minimum Gasteiger partial charge on any atom is -0.480 e. The molecule has 2 heterocycles. The summed E-state index contributed by atoms with van der Waals surface area (Å²) in [5.74, 6) is -0.703. The van der Waals surface area contributed by atoms with Crippen molar-refractivity contribution >= 4 is 17.8 Å². The maximum atomic E-state index is 12.4. The molecule has 7 nitrogen and oxygen atoms in total. The van der Waals surface area contributed by atoms with Crippen LogP contribution in [0.2, 0.25) is 0 Å². The highest BCUT2D eigenvalue weighted by Crippen LogP contribution is 2.23. The lowest BCUT2D eigenvalue weighted by molar-refractivity contribution is -0.148. The molecule has 2 unspecified atom stereocenters. The molecule has 1 amide bonds. The van der Waals surface area contributed by atoms with E-state index in [1.54, 1.807) is 18.5 Å². The highest BCUT2D eigenvalue weighted by molar-refractivity contribution is 5.89. The van der Waals surface area contributed by atoms with E-state index in [4.69, 9.17) is 5.11 Å². The zero-order chi connectivity index (χ0) is 14.7. The van der Waals surface area contributed by atoms with Gasteiger partial charge in [-0.15, -0.1) is 0 Å². The highest BCUT2D eigenvalue weighted by atomic mass is 16.4. The standard InChI is InChI=1S/C13H18N4O3/c1-9(12(19)20)16(2)11(18)10-5-3-8-17(10)13-14-6-4-7-15-13/h4,6-7,9-10H,3,5,8H2,1-2H3,(H,19,20). The quantitative estimate of drug-likeness (QED) is 0.856. The fourth-order valence-electron chi connectivity index (χ4n) is 2.29. The minimum atomic E-state index is -1.01. The van der Waals surface area contributed by atoms with Crippen molar-refractivity contribution < 1.29 is 14.7 Å². The third-order valence-electron chi connectivity index (χ3n) is 3.63. The maximum Gasteiger partial charge on any atom is 0.326 e. The van der Waals surface area contributed by atoms with Crippen LogP contribution in [0.3, 0.4) is 0 Å². The van der Waals surface area contributed by atoms with Gasteiger partial charge < -0.3 is 14.9 Å².